The fourth-order valence-corrected chi connectivity index (χ4v) is 3.00. The van der Waals surface area contributed by atoms with Crippen molar-refractivity contribution in [2.75, 3.05) is 6.61 Å². The second-order valence-corrected chi connectivity index (χ2v) is 6.22. The third kappa shape index (κ3) is 4.29. The van der Waals surface area contributed by atoms with E-state index in [1.54, 1.807) is 12.1 Å². The van der Waals surface area contributed by atoms with Crippen molar-refractivity contribution in [2.45, 2.75) is 39.3 Å². The van der Waals surface area contributed by atoms with Gasteiger partial charge >= 0.3 is 0 Å². The van der Waals surface area contributed by atoms with E-state index in [1.165, 1.54) is 12.1 Å². The van der Waals surface area contributed by atoms with Gasteiger partial charge in [-0.3, -0.25) is 4.79 Å². The highest BCUT2D eigenvalue weighted by Crippen LogP contribution is 2.35. The third-order valence-electron chi connectivity index (χ3n) is 4.11. The number of carbonyl (C=O) groups excluding carboxylic acids is 1. The Balaban J connectivity index is 1.67. The summed E-state index contributed by atoms with van der Waals surface area (Å²) in [6, 6.07) is 10.0. The zero-order valence-corrected chi connectivity index (χ0v) is 14.5. The number of carbonyl (C=O) groups is 1. The first-order valence-electron chi connectivity index (χ1n) is 8.51. The maximum absolute atomic E-state index is 13.2. The van der Waals surface area contributed by atoms with Gasteiger partial charge in [0.05, 0.1) is 13.0 Å². The van der Waals surface area contributed by atoms with Gasteiger partial charge in [-0.2, -0.15) is 0 Å². The predicted molar refractivity (Wildman–Crippen MR) is 93.4 cm³/mol. The molecule has 1 N–H and O–H groups in total. The van der Waals surface area contributed by atoms with Crippen LogP contribution in [0.25, 0.3) is 0 Å². The molecule has 0 radical (unpaired) electrons. The van der Waals surface area contributed by atoms with Gasteiger partial charge in [0, 0.05) is 24.1 Å². The molecule has 1 aliphatic rings. The number of benzene rings is 2. The highest BCUT2D eigenvalue weighted by Gasteiger charge is 2.22. The van der Waals surface area contributed by atoms with Crippen LogP contribution in [-0.2, 0) is 24.2 Å². The summed E-state index contributed by atoms with van der Waals surface area (Å²) in [5.41, 5.74) is 2.65. The second kappa shape index (κ2) is 7.55. The Morgan fingerprint density at radius 3 is 2.96 bits per heavy atom. The van der Waals surface area contributed by atoms with Gasteiger partial charge in [0.25, 0.3) is 0 Å². The average Bonchev–Trinajstić information content (AvgIpc) is 2.92. The van der Waals surface area contributed by atoms with E-state index in [9.17, 15) is 9.18 Å². The van der Waals surface area contributed by atoms with Crippen LogP contribution in [-0.4, -0.2) is 18.6 Å². The van der Waals surface area contributed by atoms with Gasteiger partial charge < -0.3 is 14.8 Å². The molecule has 0 aliphatic carbocycles. The highest BCUT2D eigenvalue weighted by atomic mass is 19.1. The van der Waals surface area contributed by atoms with Crippen LogP contribution in [0.5, 0.6) is 11.5 Å². The fourth-order valence-electron chi connectivity index (χ4n) is 3.00. The molecule has 1 atom stereocenters. The van der Waals surface area contributed by atoms with Crippen LogP contribution in [0.2, 0.25) is 0 Å². The van der Waals surface area contributed by atoms with Crippen molar-refractivity contribution < 1.29 is 18.7 Å². The van der Waals surface area contributed by atoms with Crippen molar-refractivity contribution in [3.8, 4) is 11.5 Å². The number of nitrogens with one attached hydrogen (secondary N) is 1. The number of ether oxygens (including phenoxy) is 2. The van der Waals surface area contributed by atoms with Crippen molar-refractivity contribution in [1.82, 2.24) is 5.32 Å². The summed E-state index contributed by atoms with van der Waals surface area (Å²) in [5.74, 6) is 1.12. The minimum absolute atomic E-state index is 0.139. The van der Waals surface area contributed by atoms with Crippen LogP contribution in [0.4, 0.5) is 4.39 Å². The van der Waals surface area contributed by atoms with Crippen molar-refractivity contribution >= 4 is 5.91 Å². The number of fused-ring (bicyclic) bond motifs is 1. The standard InChI is InChI=1S/C20H22FNO3/c1-3-24-18-10-15-7-13(2)25-19(15)11-16(18)12-22-20(23)9-14-5-4-6-17(21)8-14/h4-6,8,10-11,13H,3,7,9,12H2,1-2H3,(H,22,23)/t13-/m1/s1. The summed E-state index contributed by atoms with van der Waals surface area (Å²) in [6.45, 7) is 4.85. The first-order chi connectivity index (χ1) is 12.0. The number of rotatable bonds is 6. The molecule has 0 fully saturated rings. The molecule has 0 aromatic heterocycles. The Kier molecular flexibility index (Phi) is 5.22. The average molecular weight is 343 g/mol. The number of amides is 1. The van der Waals surface area contributed by atoms with Gasteiger partial charge in [-0.1, -0.05) is 12.1 Å². The molecule has 0 spiro atoms. The lowest BCUT2D eigenvalue weighted by Gasteiger charge is -2.13. The Morgan fingerprint density at radius 2 is 2.20 bits per heavy atom. The van der Waals surface area contributed by atoms with Crippen LogP contribution in [0, 0.1) is 5.82 Å². The van der Waals surface area contributed by atoms with Gasteiger partial charge in [0.15, 0.2) is 0 Å². The lowest BCUT2D eigenvalue weighted by atomic mass is 10.1. The van der Waals surface area contributed by atoms with Crippen molar-refractivity contribution in [1.29, 1.82) is 0 Å². The second-order valence-electron chi connectivity index (χ2n) is 6.22. The van der Waals surface area contributed by atoms with E-state index >= 15 is 0 Å². The van der Waals surface area contributed by atoms with Gasteiger partial charge in [-0.15, -0.1) is 0 Å². The third-order valence-corrected chi connectivity index (χ3v) is 4.11. The van der Waals surface area contributed by atoms with Gasteiger partial charge in [-0.05, 0) is 43.7 Å². The first-order valence-corrected chi connectivity index (χ1v) is 8.51. The molecule has 4 nitrogen and oxygen atoms in total. The van der Waals surface area contributed by atoms with E-state index in [1.807, 2.05) is 26.0 Å². The molecule has 0 unspecified atom stereocenters. The Labute approximate surface area is 147 Å². The van der Waals surface area contributed by atoms with E-state index in [2.05, 4.69) is 5.32 Å². The van der Waals surface area contributed by atoms with Crippen molar-refractivity contribution in [3.05, 3.63) is 58.9 Å². The summed E-state index contributed by atoms with van der Waals surface area (Å²) in [5, 5.41) is 2.87. The summed E-state index contributed by atoms with van der Waals surface area (Å²) < 4.78 is 24.7. The maximum Gasteiger partial charge on any atom is 0.224 e. The molecule has 0 saturated heterocycles. The molecule has 3 rings (SSSR count). The van der Waals surface area contributed by atoms with Crippen LogP contribution >= 0.6 is 0 Å². The molecule has 1 aliphatic heterocycles. The van der Waals surface area contributed by atoms with E-state index in [0.717, 1.165) is 29.0 Å². The molecular weight excluding hydrogens is 321 g/mol. The van der Waals surface area contributed by atoms with E-state index < -0.39 is 0 Å². The summed E-state index contributed by atoms with van der Waals surface area (Å²) in [4.78, 5) is 12.1. The summed E-state index contributed by atoms with van der Waals surface area (Å²) in [7, 11) is 0. The van der Waals surface area contributed by atoms with E-state index in [0.29, 0.717) is 18.7 Å². The molecule has 0 bridgehead atoms. The number of hydrogen-bond donors (Lipinski definition) is 1. The molecular formula is C20H22FNO3. The van der Waals surface area contributed by atoms with E-state index in [-0.39, 0.29) is 24.2 Å². The van der Waals surface area contributed by atoms with Crippen molar-refractivity contribution in [3.63, 3.8) is 0 Å². The monoisotopic (exact) mass is 343 g/mol. The minimum Gasteiger partial charge on any atom is -0.494 e. The molecule has 25 heavy (non-hydrogen) atoms. The van der Waals surface area contributed by atoms with Crippen LogP contribution in [0.1, 0.15) is 30.5 Å². The van der Waals surface area contributed by atoms with E-state index in [4.69, 9.17) is 9.47 Å². The lowest BCUT2D eigenvalue weighted by Crippen LogP contribution is -2.25. The molecule has 1 heterocycles. The summed E-state index contributed by atoms with van der Waals surface area (Å²) >= 11 is 0. The zero-order valence-electron chi connectivity index (χ0n) is 14.5. The van der Waals surface area contributed by atoms with Gasteiger partial charge in [0.2, 0.25) is 5.91 Å². The Morgan fingerprint density at radius 1 is 1.36 bits per heavy atom. The fraction of sp³-hybridized carbons (Fsp3) is 0.350. The quantitative estimate of drug-likeness (QED) is 0.874. The number of hydrogen-bond acceptors (Lipinski definition) is 3. The predicted octanol–water partition coefficient (Wildman–Crippen LogP) is 3.41. The van der Waals surface area contributed by atoms with Crippen LogP contribution < -0.4 is 14.8 Å². The van der Waals surface area contributed by atoms with Crippen molar-refractivity contribution in [2.24, 2.45) is 0 Å². The largest absolute Gasteiger partial charge is 0.494 e. The highest BCUT2D eigenvalue weighted by molar-refractivity contribution is 5.78. The first kappa shape index (κ1) is 17.3. The number of halogens is 1. The molecule has 2 aromatic rings. The molecule has 5 heteroatoms. The van der Waals surface area contributed by atoms with Gasteiger partial charge in [-0.25, -0.2) is 4.39 Å². The van der Waals surface area contributed by atoms with Crippen LogP contribution in [0.15, 0.2) is 36.4 Å². The minimum atomic E-state index is -0.339. The van der Waals surface area contributed by atoms with Crippen LogP contribution in [0.3, 0.4) is 0 Å². The molecule has 2 aromatic carbocycles. The molecule has 1 amide bonds. The Hall–Kier alpha value is -2.56. The Bertz CT molecular complexity index is 776. The smallest absolute Gasteiger partial charge is 0.224 e. The normalized spacial score (nSPS) is 15.4. The zero-order chi connectivity index (χ0) is 17.8. The SMILES string of the molecule is CCOc1cc2c(cc1CNC(=O)Cc1cccc(F)c1)O[C@H](C)C2. The molecule has 132 valence electrons. The molecule has 0 saturated carbocycles. The lowest BCUT2D eigenvalue weighted by molar-refractivity contribution is -0.120. The topological polar surface area (TPSA) is 47.6 Å². The maximum atomic E-state index is 13.2. The summed E-state index contributed by atoms with van der Waals surface area (Å²) in [6.07, 6.45) is 1.16. The van der Waals surface area contributed by atoms with Gasteiger partial charge in [0.1, 0.15) is 23.4 Å².